The molecule has 13 heavy (non-hydrogen) atoms. The summed E-state index contributed by atoms with van der Waals surface area (Å²) < 4.78 is 1.01. The lowest BCUT2D eigenvalue weighted by Crippen LogP contribution is -2.11. The minimum absolute atomic E-state index is 0.164. The first-order valence-corrected chi connectivity index (χ1v) is 5.41. The molecule has 0 aliphatic heterocycles. The van der Waals surface area contributed by atoms with E-state index in [0.717, 1.165) is 22.4 Å². The second-order valence-electron chi connectivity index (χ2n) is 3.72. The monoisotopic (exact) mass is 240 g/mol. The van der Waals surface area contributed by atoms with Crippen molar-refractivity contribution in [1.82, 2.24) is 4.98 Å². The summed E-state index contributed by atoms with van der Waals surface area (Å²) in [7, 11) is 0. The predicted molar refractivity (Wildman–Crippen MR) is 56.2 cm³/mol. The maximum atomic E-state index is 6.04. The Morgan fingerprint density at radius 2 is 2.31 bits per heavy atom. The number of pyridine rings is 1. The summed E-state index contributed by atoms with van der Waals surface area (Å²) in [6.45, 7) is 0. The average Bonchev–Trinajstić information content (AvgIpc) is 2.88. The van der Waals surface area contributed by atoms with Crippen LogP contribution in [0.2, 0.25) is 0 Å². The maximum Gasteiger partial charge on any atom is 0.0410 e. The fraction of sp³-hybridized carbons (Fsp3) is 0.500. The summed E-state index contributed by atoms with van der Waals surface area (Å²) in [4.78, 5) is 4.11. The number of aromatic nitrogens is 1. The highest BCUT2D eigenvalue weighted by atomic mass is 79.9. The van der Waals surface area contributed by atoms with Crippen LogP contribution in [0.15, 0.2) is 22.9 Å². The second-order valence-corrected chi connectivity index (χ2v) is 4.64. The number of nitrogens with zero attached hydrogens (tertiary/aromatic N) is 1. The molecule has 0 radical (unpaired) electrons. The fourth-order valence-corrected chi connectivity index (χ4v) is 1.86. The zero-order valence-corrected chi connectivity index (χ0v) is 9.00. The van der Waals surface area contributed by atoms with Gasteiger partial charge in [-0.3, -0.25) is 4.98 Å². The van der Waals surface area contributed by atoms with Gasteiger partial charge in [0.1, 0.15) is 0 Å². The summed E-state index contributed by atoms with van der Waals surface area (Å²) in [5, 5.41) is 0. The first-order valence-electron chi connectivity index (χ1n) is 4.62. The second kappa shape index (κ2) is 3.76. The molecule has 70 valence electrons. The highest BCUT2D eigenvalue weighted by Gasteiger charge is 2.24. The molecule has 0 unspecified atom stereocenters. The molecule has 1 aliphatic rings. The molecule has 1 fully saturated rings. The van der Waals surface area contributed by atoms with Gasteiger partial charge in [0.15, 0.2) is 0 Å². The van der Waals surface area contributed by atoms with Crippen LogP contribution in [0.25, 0.3) is 0 Å². The molecule has 1 heterocycles. The molecule has 1 aromatic heterocycles. The Labute approximate surface area is 86.7 Å². The van der Waals surface area contributed by atoms with Crippen LogP contribution in [0.5, 0.6) is 0 Å². The normalized spacial score (nSPS) is 18.6. The zero-order chi connectivity index (χ0) is 9.26. The van der Waals surface area contributed by atoms with E-state index in [4.69, 9.17) is 5.73 Å². The molecule has 1 atom stereocenters. The standard InChI is InChI=1S/C10H13BrN2/c11-9-4-8(5-13-6-9)10(12)3-7-1-2-7/h4-7,10H,1-3,12H2/t10-/m1/s1. The van der Waals surface area contributed by atoms with Gasteiger partial charge in [-0.15, -0.1) is 0 Å². The van der Waals surface area contributed by atoms with Crippen LogP contribution in [0, 0.1) is 5.92 Å². The molecule has 0 saturated heterocycles. The molecular weight excluding hydrogens is 228 g/mol. The van der Waals surface area contributed by atoms with Gasteiger partial charge in [-0.05, 0) is 39.9 Å². The summed E-state index contributed by atoms with van der Waals surface area (Å²) in [6.07, 6.45) is 7.47. The van der Waals surface area contributed by atoms with E-state index >= 15 is 0 Å². The van der Waals surface area contributed by atoms with Crippen molar-refractivity contribution in [3.8, 4) is 0 Å². The molecular formula is C10H13BrN2. The molecule has 2 N–H and O–H groups in total. The van der Waals surface area contributed by atoms with Gasteiger partial charge >= 0.3 is 0 Å². The topological polar surface area (TPSA) is 38.9 Å². The van der Waals surface area contributed by atoms with Crippen LogP contribution < -0.4 is 5.73 Å². The van der Waals surface area contributed by atoms with E-state index in [9.17, 15) is 0 Å². The lowest BCUT2D eigenvalue weighted by molar-refractivity contribution is 0.595. The Morgan fingerprint density at radius 1 is 1.54 bits per heavy atom. The number of hydrogen-bond acceptors (Lipinski definition) is 2. The molecule has 1 aromatic rings. The van der Waals surface area contributed by atoms with Gasteiger partial charge in [-0.1, -0.05) is 12.8 Å². The van der Waals surface area contributed by atoms with Crippen molar-refractivity contribution in [3.63, 3.8) is 0 Å². The van der Waals surface area contributed by atoms with Crippen molar-refractivity contribution >= 4 is 15.9 Å². The summed E-state index contributed by atoms with van der Waals surface area (Å²) >= 11 is 3.39. The number of rotatable bonds is 3. The minimum Gasteiger partial charge on any atom is -0.324 e. The number of halogens is 1. The van der Waals surface area contributed by atoms with Crippen molar-refractivity contribution in [2.24, 2.45) is 11.7 Å². The third-order valence-electron chi connectivity index (χ3n) is 2.44. The Kier molecular flexibility index (Phi) is 2.65. The third-order valence-corrected chi connectivity index (χ3v) is 2.87. The van der Waals surface area contributed by atoms with E-state index in [2.05, 4.69) is 27.0 Å². The highest BCUT2D eigenvalue weighted by Crippen LogP contribution is 2.36. The van der Waals surface area contributed by atoms with Gasteiger partial charge in [0, 0.05) is 22.9 Å². The lowest BCUT2D eigenvalue weighted by Gasteiger charge is -2.10. The Morgan fingerprint density at radius 3 is 2.92 bits per heavy atom. The van der Waals surface area contributed by atoms with E-state index < -0.39 is 0 Å². The lowest BCUT2D eigenvalue weighted by atomic mass is 10.0. The first kappa shape index (κ1) is 9.16. The van der Waals surface area contributed by atoms with Crippen LogP contribution in [-0.4, -0.2) is 4.98 Å². The molecule has 0 spiro atoms. The van der Waals surface area contributed by atoms with Crippen molar-refractivity contribution in [1.29, 1.82) is 0 Å². The van der Waals surface area contributed by atoms with Crippen molar-refractivity contribution in [2.45, 2.75) is 25.3 Å². The zero-order valence-electron chi connectivity index (χ0n) is 7.41. The van der Waals surface area contributed by atoms with Crippen LogP contribution in [0.1, 0.15) is 30.9 Å². The Bertz CT molecular complexity index is 297. The molecule has 1 saturated carbocycles. The molecule has 2 nitrogen and oxygen atoms in total. The smallest absolute Gasteiger partial charge is 0.0410 e. The Hall–Kier alpha value is -0.410. The van der Waals surface area contributed by atoms with Gasteiger partial charge in [-0.25, -0.2) is 0 Å². The van der Waals surface area contributed by atoms with Gasteiger partial charge in [0.2, 0.25) is 0 Å². The first-order chi connectivity index (χ1) is 6.25. The molecule has 0 bridgehead atoms. The predicted octanol–water partition coefficient (Wildman–Crippen LogP) is 2.64. The van der Waals surface area contributed by atoms with Crippen molar-refractivity contribution < 1.29 is 0 Å². The maximum absolute atomic E-state index is 6.04. The largest absolute Gasteiger partial charge is 0.324 e. The number of nitrogens with two attached hydrogens (primary N) is 1. The molecule has 2 rings (SSSR count). The summed E-state index contributed by atoms with van der Waals surface area (Å²) in [5.41, 5.74) is 7.18. The van der Waals surface area contributed by atoms with Gasteiger partial charge < -0.3 is 5.73 Å². The SMILES string of the molecule is N[C@H](CC1CC1)c1cncc(Br)c1. The fourth-order valence-electron chi connectivity index (χ4n) is 1.48. The van der Waals surface area contributed by atoms with Crippen LogP contribution in [0.4, 0.5) is 0 Å². The van der Waals surface area contributed by atoms with E-state index in [1.54, 1.807) is 6.20 Å². The van der Waals surface area contributed by atoms with Gasteiger partial charge in [-0.2, -0.15) is 0 Å². The van der Waals surface area contributed by atoms with Crippen LogP contribution >= 0.6 is 15.9 Å². The van der Waals surface area contributed by atoms with Gasteiger partial charge in [0.25, 0.3) is 0 Å². The molecule has 3 heteroatoms. The molecule has 0 amide bonds. The van der Waals surface area contributed by atoms with Crippen molar-refractivity contribution in [2.75, 3.05) is 0 Å². The summed E-state index contributed by atoms with van der Waals surface area (Å²) in [6, 6.07) is 2.22. The average molecular weight is 241 g/mol. The van der Waals surface area contributed by atoms with E-state index in [1.807, 2.05) is 6.20 Å². The van der Waals surface area contributed by atoms with E-state index in [-0.39, 0.29) is 6.04 Å². The van der Waals surface area contributed by atoms with Crippen LogP contribution in [0.3, 0.4) is 0 Å². The minimum atomic E-state index is 0.164. The quantitative estimate of drug-likeness (QED) is 0.883. The molecule has 0 aromatic carbocycles. The van der Waals surface area contributed by atoms with E-state index in [0.29, 0.717) is 0 Å². The highest BCUT2D eigenvalue weighted by molar-refractivity contribution is 9.10. The van der Waals surface area contributed by atoms with E-state index in [1.165, 1.54) is 12.8 Å². The number of hydrogen-bond donors (Lipinski definition) is 1. The molecule has 1 aliphatic carbocycles. The van der Waals surface area contributed by atoms with Gasteiger partial charge in [0.05, 0.1) is 0 Å². The summed E-state index contributed by atoms with van der Waals surface area (Å²) in [5.74, 6) is 0.869. The van der Waals surface area contributed by atoms with Crippen molar-refractivity contribution in [3.05, 3.63) is 28.5 Å². The van der Waals surface area contributed by atoms with Crippen LogP contribution in [-0.2, 0) is 0 Å². The third kappa shape index (κ3) is 2.51. The Balaban J connectivity index is 2.04.